The number of alkyl halides is 3. The zero-order valence-electron chi connectivity index (χ0n) is 19.5. The van der Waals surface area contributed by atoms with Gasteiger partial charge in [0.05, 0.1) is 29.4 Å². The van der Waals surface area contributed by atoms with Crippen LogP contribution in [0.2, 0.25) is 0 Å². The summed E-state index contributed by atoms with van der Waals surface area (Å²) < 4.78 is 39.6. The number of hydrogen-bond acceptors (Lipinski definition) is 5. The minimum Gasteiger partial charge on any atom is -0.411 e. The maximum absolute atomic E-state index is 13.2. The van der Waals surface area contributed by atoms with Crippen molar-refractivity contribution in [3.63, 3.8) is 0 Å². The van der Waals surface area contributed by atoms with E-state index in [2.05, 4.69) is 10.3 Å². The summed E-state index contributed by atoms with van der Waals surface area (Å²) >= 11 is 0. The van der Waals surface area contributed by atoms with Gasteiger partial charge < -0.3 is 15.1 Å². The molecule has 0 saturated carbocycles. The number of carbonyl (C=O) groups is 1. The number of aromatic nitrogens is 2. The van der Waals surface area contributed by atoms with Crippen LogP contribution in [0.1, 0.15) is 51.3 Å². The summed E-state index contributed by atoms with van der Waals surface area (Å²) in [6.45, 7) is 4.19. The lowest BCUT2D eigenvalue weighted by Gasteiger charge is -2.29. The van der Waals surface area contributed by atoms with E-state index in [4.69, 9.17) is 4.84 Å². The van der Waals surface area contributed by atoms with Gasteiger partial charge in [-0.3, -0.25) is 9.59 Å². The fourth-order valence-corrected chi connectivity index (χ4v) is 4.01. The lowest BCUT2D eigenvalue weighted by atomic mass is 10.0. The van der Waals surface area contributed by atoms with Gasteiger partial charge in [-0.1, -0.05) is 29.8 Å². The van der Waals surface area contributed by atoms with Crippen molar-refractivity contribution in [2.24, 2.45) is 0 Å². The Balaban J connectivity index is 1.57. The molecule has 1 aromatic heterocycles. The molecule has 0 radical (unpaired) electrons. The number of hydrogen-bond donors (Lipinski definition) is 1. The highest BCUT2D eigenvalue weighted by Gasteiger charge is 2.30. The zero-order valence-corrected chi connectivity index (χ0v) is 19.5. The monoisotopic (exact) mass is 486 g/mol. The van der Waals surface area contributed by atoms with Crippen LogP contribution in [-0.2, 0) is 19.1 Å². The first-order valence-electron chi connectivity index (χ1n) is 11.1. The molecule has 0 unspecified atom stereocenters. The summed E-state index contributed by atoms with van der Waals surface area (Å²) in [5, 5.41) is 3.06. The molecule has 0 saturated heterocycles. The predicted octanol–water partition coefficient (Wildman–Crippen LogP) is 4.00. The third kappa shape index (κ3) is 5.01. The molecule has 0 fully saturated rings. The Bertz CT molecular complexity index is 1290. The van der Waals surface area contributed by atoms with Crippen molar-refractivity contribution in [2.75, 3.05) is 19.0 Å². The van der Waals surface area contributed by atoms with Crippen molar-refractivity contribution in [3.05, 3.63) is 92.4 Å². The summed E-state index contributed by atoms with van der Waals surface area (Å²) in [4.78, 5) is 37.5. The fourth-order valence-electron chi connectivity index (χ4n) is 4.01. The molecule has 1 atom stereocenters. The summed E-state index contributed by atoms with van der Waals surface area (Å²) in [5.41, 5.74) is 1.91. The molecule has 35 heavy (non-hydrogen) atoms. The van der Waals surface area contributed by atoms with Crippen molar-refractivity contribution >= 4 is 11.9 Å². The van der Waals surface area contributed by atoms with E-state index in [9.17, 15) is 22.8 Å². The molecule has 0 bridgehead atoms. The average molecular weight is 486 g/mol. The van der Waals surface area contributed by atoms with Crippen molar-refractivity contribution in [1.29, 1.82) is 0 Å². The molecule has 2 heterocycles. The summed E-state index contributed by atoms with van der Waals surface area (Å²) in [6.07, 6.45) is -4.03. The number of fused-ring (bicyclic) bond motifs is 1. The second kappa shape index (κ2) is 9.44. The smallest absolute Gasteiger partial charge is 0.411 e. The molecule has 1 N–H and O–H groups in total. The molecule has 184 valence electrons. The molecule has 1 amide bonds. The van der Waals surface area contributed by atoms with Crippen LogP contribution in [0.25, 0.3) is 0 Å². The number of aryl methyl sites for hydroxylation is 1. The second-order valence-corrected chi connectivity index (χ2v) is 8.47. The van der Waals surface area contributed by atoms with E-state index in [-0.39, 0.29) is 18.4 Å². The van der Waals surface area contributed by atoms with Crippen LogP contribution in [0.15, 0.2) is 53.3 Å². The SMILES string of the molecule is COn1c(N[C@@H](C)c2ccc(C(F)(F)F)cc2)nc2c(c1=O)CN(C(=O)c1ccc(C)cc1)CC2. The van der Waals surface area contributed by atoms with Crippen molar-refractivity contribution in [2.45, 2.75) is 39.0 Å². The van der Waals surface area contributed by atoms with Crippen LogP contribution in [-0.4, -0.2) is 34.2 Å². The Morgan fingerprint density at radius 1 is 1.11 bits per heavy atom. The molecule has 1 aliphatic heterocycles. The Hall–Kier alpha value is -3.82. The Morgan fingerprint density at radius 3 is 2.37 bits per heavy atom. The van der Waals surface area contributed by atoms with E-state index in [1.807, 2.05) is 19.1 Å². The first-order valence-corrected chi connectivity index (χ1v) is 11.1. The predicted molar refractivity (Wildman–Crippen MR) is 124 cm³/mol. The van der Waals surface area contributed by atoms with E-state index in [0.29, 0.717) is 35.3 Å². The molecule has 2 aromatic carbocycles. The zero-order chi connectivity index (χ0) is 25.3. The van der Waals surface area contributed by atoms with Gasteiger partial charge in [-0.2, -0.15) is 13.2 Å². The van der Waals surface area contributed by atoms with E-state index >= 15 is 0 Å². The highest BCUT2D eigenvalue weighted by Crippen LogP contribution is 2.30. The van der Waals surface area contributed by atoms with E-state index < -0.39 is 23.3 Å². The lowest BCUT2D eigenvalue weighted by molar-refractivity contribution is -0.137. The first kappa shape index (κ1) is 24.3. The van der Waals surface area contributed by atoms with Crippen molar-refractivity contribution in [1.82, 2.24) is 14.6 Å². The standard InChI is InChI=1S/C25H25F3N4O3/c1-15-4-6-18(7-5-15)22(33)31-13-12-21-20(14-31)23(34)32(35-3)24(30-21)29-16(2)17-8-10-19(11-9-17)25(26,27)28/h4-11,16H,12-14H2,1-3H3,(H,29,30)/t16-/m0/s1. The van der Waals surface area contributed by atoms with Crippen molar-refractivity contribution in [3.8, 4) is 0 Å². The van der Waals surface area contributed by atoms with Crippen molar-refractivity contribution < 1.29 is 22.8 Å². The number of benzene rings is 2. The third-order valence-electron chi connectivity index (χ3n) is 6.04. The van der Waals surface area contributed by atoms with Crippen LogP contribution in [0.4, 0.5) is 19.1 Å². The van der Waals surface area contributed by atoms with Gasteiger partial charge in [-0.25, -0.2) is 4.98 Å². The number of anilines is 1. The summed E-state index contributed by atoms with van der Waals surface area (Å²) in [7, 11) is 1.32. The number of halogens is 3. The summed E-state index contributed by atoms with van der Waals surface area (Å²) in [5.74, 6) is -0.0286. The average Bonchev–Trinajstić information content (AvgIpc) is 2.83. The van der Waals surface area contributed by atoms with Crippen LogP contribution < -0.4 is 15.7 Å². The molecule has 10 heteroatoms. The maximum Gasteiger partial charge on any atom is 0.416 e. The molecule has 3 aromatic rings. The Labute approximate surface area is 200 Å². The lowest BCUT2D eigenvalue weighted by Crippen LogP contribution is -2.42. The van der Waals surface area contributed by atoms with Crippen LogP contribution in [0, 0.1) is 6.92 Å². The first-order chi connectivity index (χ1) is 16.6. The minimum absolute atomic E-state index is 0.103. The second-order valence-electron chi connectivity index (χ2n) is 8.47. The largest absolute Gasteiger partial charge is 0.416 e. The normalized spacial score (nSPS) is 14.3. The quantitative estimate of drug-likeness (QED) is 0.590. The Kier molecular flexibility index (Phi) is 6.56. The van der Waals surface area contributed by atoms with Crippen LogP contribution in [0.5, 0.6) is 0 Å². The van der Waals surface area contributed by atoms with Crippen LogP contribution >= 0.6 is 0 Å². The third-order valence-corrected chi connectivity index (χ3v) is 6.04. The van der Waals surface area contributed by atoms with E-state index in [1.165, 1.54) is 19.2 Å². The summed E-state index contributed by atoms with van der Waals surface area (Å²) in [6, 6.07) is 11.6. The molecule has 7 nitrogen and oxygen atoms in total. The fraction of sp³-hybridized carbons (Fsp3) is 0.320. The molecular formula is C25H25F3N4O3. The van der Waals surface area contributed by atoms with E-state index in [1.54, 1.807) is 24.0 Å². The minimum atomic E-state index is -4.42. The molecular weight excluding hydrogens is 461 g/mol. The topological polar surface area (TPSA) is 76.5 Å². The highest BCUT2D eigenvalue weighted by molar-refractivity contribution is 5.94. The van der Waals surface area contributed by atoms with Gasteiger partial charge >= 0.3 is 6.18 Å². The number of amides is 1. The number of nitrogens with zero attached hydrogens (tertiary/aromatic N) is 3. The maximum atomic E-state index is 13.2. The van der Waals surface area contributed by atoms with Gasteiger partial charge in [-0.05, 0) is 43.7 Å². The molecule has 0 aliphatic carbocycles. The Morgan fingerprint density at radius 2 is 1.77 bits per heavy atom. The van der Waals surface area contributed by atoms with Gasteiger partial charge in [0.15, 0.2) is 0 Å². The van der Waals surface area contributed by atoms with Gasteiger partial charge in [-0.15, -0.1) is 4.73 Å². The highest BCUT2D eigenvalue weighted by atomic mass is 19.4. The number of nitrogens with one attached hydrogen (secondary N) is 1. The van der Waals surface area contributed by atoms with Gasteiger partial charge in [0, 0.05) is 18.5 Å². The van der Waals surface area contributed by atoms with Crippen LogP contribution in [0.3, 0.4) is 0 Å². The molecule has 4 rings (SSSR count). The molecule has 0 spiro atoms. The van der Waals surface area contributed by atoms with Gasteiger partial charge in [0.25, 0.3) is 11.5 Å². The van der Waals surface area contributed by atoms with Gasteiger partial charge in [0.1, 0.15) is 7.11 Å². The molecule has 1 aliphatic rings. The van der Waals surface area contributed by atoms with Gasteiger partial charge in [0.2, 0.25) is 5.95 Å². The number of carbonyl (C=O) groups excluding carboxylic acids is 1. The van der Waals surface area contributed by atoms with E-state index in [0.717, 1.165) is 22.4 Å². The number of rotatable bonds is 5.